The number of fused-ring (bicyclic) bond motifs is 1. The first kappa shape index (κ1) is 22.0. The molecule has 172 valence electrons. The van der Waals surface area contributed by atoms with E-state index < -0.39 is 17.5 Å². The molecule has 0 aliphatic carbocycles. The molecule has 2 heterocycles. The van der Waals surface area contributed by atoms with Crippen molar-refractivity contribution in [2.24, 2.45) is 0 Å². The maximum absolute atomic E-state index is 12.9. The second kappa shape index (κ2) is 8.87. The number of amides is 3. The van der Waals surface area contributed by atoms with Crippen LogP contribution in [0.25, 0.3) is 10.8 Å². The number of urea groups is 1. The smallest absolute Gasteiger partial charge is 0.322 e. The van der Waals surface area contributed by atoms with Crippen LogP contribution in [0, 0.1) is 0 Å². The van der Waals surface area contributed by atoms with E-state index in [2.05, 4.69) is 38.7 Å². The molecule has 0 bridgehead atoms. The number of nitrogens with one attached hydrogen (secondary N) is 2. The SMILES string of the molecule is O=C1NC(=O)[C@](Cn2cc3cc(OCCc4ccccc4)ccc3c2O)(c2ccc(Br)cc2)N1. The lowest BCUT2D eigenvalue weighted by molar-refractivity contribution is -0.124. The van der Waals surface area contributed by atoms with E-state index in [0.29, 0.717) is 23.3 Å². The molecule has 34 heavy (non-hydrogen) atoms. The summed E-state index contributed by atoms with van der Waals surface area (Å²) in [5.74, 6) is 0.230. The van der Waals surface area contributed by atoms with Crippen LogP contribution in [0.4, 0.5) is 4.79 Å². The average Bonchev–Trinajstić information content (AvgIpc) is 3.30. The first-order valence-corrected chi connectivity index (χ1v) is 11.6. The number of aromatic hydroxyl groups is 1. The van der Waals surface area contributed by atoms with Crippen LogP contribution in [0.2, 0.25) is 0 Å². The molecule has 0 saturated carbocycles. The molecule has 7 nitrogen and oxygen atoms in total. The Bertz CT molecular complexity index is 1370. The molecule has 3 amide bonds. The summed E-state index contributed by atoms with van der Waals surface area (Å²) in [7, 11) is 0. The highest BCUT2D eigenvalue weighted by atomic mass is 79.9. The second-order valence-electron chi connectivity index (χ2n) is 8.23. The molecule has 1 aliphatic heterocycles. The van der Waals surface area contributed by atoms with Gasteiger partial charge in [-0.2, -0.15) is 0 Å². The summed E-state index contributed by atoms with van der Waals surface area (Å²) in [5, 5.41) is 17.4. The van der Waals surface area contributed by atoms with Crippen LogP contribution >= 0.6 is 15.9 Å². The zero-order valence-corrected chi connectivity index (χ0v) is 19.7. The number of ether oxygens (including phenoxy) is 1. The number of benzene rings is 3. The summed E-state index contributed by atoms with van der Waals surface area (Å²) in [6.45, 7) is 0.554. The van der Waals surface area contributed by atoms with Crippen molar-refractivity contribution in [1.29, 1.82) is 0 Å². The first-order valence-electron chi connectivity index (χ1n) is 10.8. The normalized spacial score (nSPS) is 17.6. The van der Waals surface area contributed by atoms with Gasteiger partial charge in [-0.15, -0.1) is 0 Å². The van der Waals surface area contributed by atoms with Crippen LogP contribution in [-0.4, -0.2) is 28.2 Å². The third-order valence-corrected chi connectivity index (χ3v) is 6.55. The van der Waals surface area contributed by atoms with Crippen LogP contribution in [0.5, 0.6) is 11.6 Å². The number of nitrogens with zero attached hydrogens (tertiary/aromatic N) is 1. The van der Waals surface area contributed by atoms with E-state index in [9.17, 15) is 14.7 Å². The fraction of sp³-hybridized carbons (Fsp3) is 0.154. The largest absolute Gasteiger partial charge is 0.494 e. The van der Waals surface area contributed by atoms with Crippen LogP contribution in [0.1, 0.15) is 11.1 Å². The van der Waals surface area contributed by atoms with E-state index in [1.54, 1.807) is 41.1 Å². The number of imide groups is 1. The quantitative estimate of drug-likeness (QED) is 0.314. The van der Waals surface area contributed by atoms with Gasteiger partial charge in [-0.25, -0.2) is 4.79 Å². The Labute approximate surface area is 204 Å². The van der Waals surface area contributed by atoms with E-state index in [0.717, 1.165) is 16.3 Å². The lowest BCUT2D eigenvalue weighted by Crippen LogP contribution is -2.47. The Morgan fingerprint density at radius 1 is 1.00 bits per heavy atom. The van der Waals surface area contributed by atoms with Gasteiger partial charge in [0.2, 0.25) is 0 Å². The second-order valence-corrected chi connectivity index (χ2v) is 9.15. The highest BCUT2D eigenvalue weighted by Crippen LogP contribution is 2.35. The van der Waals surface area contributed by atoms with Crippen molar-refractivity contribution >= 4 is 38.6 Å². The summed E-state index contributed by atoms with van der Waals surface area (Å²) in [5.41, 5.74) is 0.461. The van der Waals surface area contributed by atoms with E-state index in [-0.39, 0.29) is 12.4 Å². The number of carbonyl (C=O) groups excluding carboxylic acids is 2. The minimum atomic E-state index is -1.35. The molecule has 0 spiro atoms. The number of hydrogen-bond donors (Lipinski definition) is 3. The third-order valence-electron chi connectivity index (χ3n) is 6.02. The van der Waals surface area contributed by atoms with E-state index in [4.69, 9.17) is 4.74 Å². The predicted octanol–water partition coefficient (Wildman–Crippen LogP) is 4.47. The van der Waals surface area contributed by atoms with Crippen LogP contribution in [-0.2, 0) is 23.3 Å². The third kappa shape index (κ3) is 4.12. The van der Waals surface area contributed by atoms with Crippen molar-refractivity contribution < 1.29 is 19.4 Å². The van der Waals surface area contributed by atoms with Gasteiger partial charge >= 0.3 is 6.03 Å². The van der Waals surface area contributed by atoms with E-state index >= 15 is 0 Å². The van der Waals surface area contributed by atoms with Gasteiger partial charge in [0.1, 0.15) is 5.75 Å². The molecule has 0 unspecified atom stereocenters. The molecule has 3 N–H and O–H groups in total. The van der Waals surface area contributed by atoms with Crippen LogP contribution < -0.4 is 15.4 Å². The van der Waals surface area contributed by atoms with Crippen molar-refractivity contribution in [3.8, 4) is 11.6 Å². The molecule has 1 fully saturated rings. The number of hydrogen-bond acceptors (Lipinski definition) is 4. The summed E-state index contributed by atoms with van der Waals surface area (Å²) < 4.78 is 8.34. The lowest BCUT2D eigenvalue weighted by Gasteiger charge is -2.27. The standard InChI is InChI=1S/C26H22BrN3O4/c27-20-8-6-19(7-9-20)26(24(32)28-25(33)29-26)16-30-15-18-14-21(10-11-22(18)23(30)31)34-13-12-17-4-2-1-3-5-17/h1-11,14-15,31H,12-13,16H2,(H2,28,29,32,33)/t26-/m0/s1. The van der Waals surface area contributed by atoms with Gasteiger partial charge in [0.15, 0.2) is 11.4 Å². The van der Waals surface area contributed by atoms with Crippen molar-refractivity contribution in [2.75, 3.05) is 6.61 Å². The molecule has 1 aliphatic rings. The minimum absolute atomic E-state index is 0.0104. The zero-order chi connectivity index (χ0) is 23.7. The molecule has 1 saturated heterocycles. The van der Waals surface area contributed by atoms with Crippen molar-refractivity contribution in [3.05, 3.63) is 94.6 Å². The monoisotopic (exact) mass is 519 g/mol. The van der Waals surface area contributed by atoms with E-state index in [1.165, 1.54) is 5.56 Å². The Morgan fingerprint density at radius 2 is 1.76 bits per heavy atom. The number of aromatic nitrogens is 1. The summed E-state index contributed by atoms with van der Waals surface area (Å²) in [6.07, 6.45) is 2.54. The summed E-state index contributed by atoms with van der Waals surface area (Å²) in [4.78, 5) is 25.0. The van der Waals surface area contributed by atoms with E-state index in [1.807, 2.05) is 30.3 Å². The number of rotatable bonds is 7. The number of carbonyl (C=O) groups is 2. The average molecular weight is 520 g/mol. The van der Waals surface area contributed by atoms with Gasteiger partial charge in [-0.1, -0.05) is 58.4 Å². The molecular formula is C26H22BrN3O4. The number of halogens is 1. The summed E-state index contributed by atoms with van der Waals surface area (Å²) >= 11 is 3.39. The molecule has 0 radical (unpaired) electrons. The Balaban J connectivity index is 1.41. The van der Waals surface area contributed by atoms with Crippen molar-refractivity contribution in [3.63, 3.8) is 0 Å². The van der Waals surface area contributed by atoms with Crippen LogP contribution in [0.15, 0.2) is 83.5 Å². The molecular weight excluding hydrogens is 498 g/mol. The Morgan fingerprint density at radius 3 is 2.47 bits per heavy atom. The first-order chi connectivity index (χ1) is 16.4. The van der Waals surface area contributed by atoms with Gasteiger partial charge in [0.25, 0.3) is 5.91 Å². The highest BCUT2D eigenvalue weighted by molar-refractivity contribution is 9.10. The van der Waals surface area contributed by atoms with Crippen LogP contribution in [0.3, 0.4) is 0 Å². The highest BCUT2D eigenvalue weighted by Gasteiger charge is 2.48. The maximum Gasteiger partial charge on any atom is 0.322 e. The lowest BCUT2D eigenvalue weighted by atomic mass is 9.90. The van der Waals surface area contributed by atoms with Gasteiger partial charge in [-0.3, -0.25) is 10.1 Å². The van der Waals surface area contributed by atoms with Gasteiger partial charge < -0.3 is 19.7 Å². The molecule has 1 atom stereocenters. The Kier molecular flexibility index (Phi) is 5.75. The Hall–Kier alpha value is -3.78. The minimum Gasteiger partial charge on any atom is -0.494 e. The van der Waals surface area contributed by atoms with Gasteiger partial charge in [-0.05, 0) is 41.5 Å². The maximum atomic E-state index is 12.9. The van der Waals surface area contributed by atoms with Crippen molar-refractivity contribution in [1.82, 2.24) is 15.2 Å². The van der Waals surface area contributed by atoms with Crippen molar-refractivity contribution in [2.45, 2.75) is 18.5 Å². The summed E-state index contributed by atoms with van der Waals surface area (Å²) in [6, 6.07) is 22.1. The fourth-order valence-corrected chi connectivity index (χ4v) is 4.53. The molecule has 5 rings (SSSR count). The fourth-order valence-electron chi connectivity index (χ4n) is 4.26. The van der Waals surface area contributed by atoms with Gasteiger partial charge in [0, 0.05) is 27.9 Å². The predicted molar refractivity (Wildman–Crippen MR) is 132 cm³/mol. The topological polar surface area (TPSA) is 92.6 Å². The zero-order valence-electron chi connectivity index (χ0n) is 18.1. The molecule has 4 aromatic rings. The molecule has 3 aromatic carbocycles. The molecule has 8 heteroatoms. The molecule has 1 aromatic heterocycles. The van der Waals surface area contributed by atoms with Gasteiger partial charge in [0.05, 0.1) is 13.2 Å².